The predicted octanol–water partition coefficient (Wildman–Crippen LogP) is 2.71. The van der Waals surface area contributed by atoms with Crippen molar-refractivity contribution in [2.75, 3.05) is 5.75 Å². The fraction of sp³-hybridized carbons (Fsp3) is 0.533. The number of carbonyl (C=O) groups excluding carboxylic acids is 1. The van der Waals surface area contributed by atoms with Gasteiger partial charge in [-0.2, -0.15) is 0 Å². The maximum Gasteiger partial charge on any atom is 0.237 e. The highest BCUT2D eigenvalue weighted by molar-refractivity contribution is 7.99. The fourth-order valence-electron chi connectivity index (χ4n) is 2.27. The topological polar surface area (TPSA) is 55.1 Å². The van der Waals surface area contributed by atoms with Crippen LogP contribution in [0.5, 0.6) is 0 Å². The molecular weight excluding hydrogens is 256 g/mol. The molecule has 19 heavy (non-hydrogen) atoms. The van der Waals surface area contributed by atoms with E-state index in [4.69, 9.17) is 5.73 Å². The second kappa shape index (κ2) is 6.44. The third-order valence-corrected chi connectivity index (χ3v) is 4.96. The largest absolute Gasteiger partial charge is 0.348 e. The Balaban J connectivity index is 2.06. The van der Waals surface area contributed by atoms with Gasteiger partial charge in [-0.25, -0.2) is 0 Å². The standard InChI is InChI=1S/C15H22N2OS/c1-3-10(2)14(16)15(18)17-12-8-9-19-13-7-5-4-6-11(12)13/h4-7,10,12,14H,3,8-9,16H2,1-2H3,(H,17,18)/t10?,12?,14-/m0/s1. The summed E-state index contributed by atoms with van der Waals surface area (Å²) in [6, 6.07) is 7.99. The van der Waals surface area contributed by atoms with E-state index >= 15 is 0 Å². The van der Waals surface area contributed by atoms with Gasteiger partial charge in [-0.05, 0) is 24.0 Å². The maximum absolute atomic E-state index is 12.2. The zero-order valence-corrected chi connectivity index (χ0v) is 12.4. The molecule has 1 amide bonds. The van der Waals surface area contributed by atoms with Gasteiger partial charge in [0.25, 0.3) is 0 Å². The molecule has 0 aromatic heterocycles. The van der Waals surface area contributed by atoms with Crippen molar-refractivity contribution in [2.45, 2.75) is 43.7 Å². The number of hydrogen-bond donors (Lipinski definition) is 2. The molecule has 0 radical (unpaired) electrons. The Morgan fingerprint density at radius 2 is 2.26 bits per heavy atom. The van der Waals surface area contributed by atoms with Crippen molar-refractivity contribution in [3.8, 4) is 0 Å². The Kier molecular flexibility index (Phi) is 4.88. The minimum absolute atomic E-state index is 0.0268. The van der Waals surface area contributed by atoms with Crippen molar-refractivity contribution in [1.82, 2.24) is 5.32 Å². The summed E-state index contributed by atoms with van der Waals surface area (Å²) < 4.78 is 0. The molecule has 104 valence electrons. The van der Waals surface area contributed by atoms with E-state index in [1.54, 1.807) is 0 Å². The number of nitrogens with one attached hydrogen (secondary N) is 1. The molecule has 0 fully saturated rings. The highest BCUT2D eigenvalue weighted by Crippen LogP contribution is 2.35. The van der Waals surface area contributed by atoms with Crippen LogP contribution in [-0.2, 0) is 4.79 Å². The molecular formula is C15H22N2OS. The highest BCUT2D eigenvalue weighted by atomic mass is 32.2. The Labute approximate surface area is 119 Å². The number of rotatable bonds is 4. The molecule has 2 rings (SSSR count). The Hall–Kier alpha value is -1.00. The van der Waals surface area contributed by atoms with Gasteiger partial charge in [0.2, 0.25) is 5.91 Å². The summed E-state index contributed by atoms with van der Waals surface area (Å²) in [4.78, 5) is 13.5. The van der Waals surface area contributed by atoms with E-state index in [9.17, 15) is 4.79 Å². The van der Waals surface area contributed by atoms with E-state index in [-0.39, 0.29) is 17.9 Å². The van der Waals surface area contributed by atoms with Gasteiger partial charge in [-0.3, -0.25) is 4.79 Å². The fourth-order valence-corrected chi connectivity index (χ4v) is 3.40. The number of thioether (sulfide) groups is 1. The van der Waals surface area contributed by atoms with E-state index < -0.39 is 6.04 Å². The van der Waals surface area contributed by atoms with Gasteiger partial charge in [0.05, 0.1) is 12.1 Å². The van der Waals surface area contributed by atoms with Crippen LogP contribution in [0.15, 0.2) is 29.2 Å². The Morgan fingerprint density at radius 3 is 3.00 bits per heavy atom. The smallest absolute Gasteiger partial charge is 0.237 e. The average Bonchev–Trinajstić information content (AvgIpc) is 2.46. The summed E-state index contributed by atoms with van der Waals surface area (Å²) in [5.74, 6) is 1.23. The molecule has 3 nitrogen and oxygen atoms in total. The van der Waals surface area contributed by atoms with Crippen LogP contribution in [0.1, 0.15) is 38.3 Å². The summed E-state index contributed by atoms with van der Waals surface area (Å²) >= 11 is 1.86. The lowest BCUT2D eigenvalue weighted by Crippen LogP contribution is -2.46. The number of carbonyl (C=O) groups is 1. The molecule has 1 aromatic rings. The second-order valence-corrected chi connectivity index (χ2v) is 6.28. The Bertz CT molecular complexity index is 450. The van der Waals surface area contributed by atoms with Crippen LogP contribution in [0, 0.1) is 5.92 Å². The molecule has 0 aliphatic carbocycles. The van der Waals surface area contributed by atoms with E-state index in [0.29, 0.717) is 0 Å². The molecule has 3 N–H and O–H groups in total. The van der Waals surface area contributed by atoms with Crippen LogP contribution >= 0.6 is 11.8 Å². The molecule has 3 atom stereocenters. The van der Waals surface area contributed by atoms with Gasteiger partial charge in [0.15, 0.2) is 0 Å². The Morgan fingerprint density at radius 1 is 1.53 bits per heavy atom. The molecule has 4 heteroatoms. The zero-order chi connectivity index (χ0) is 13.8. The summed E-state index contributed by atoms with van der Waals surface area (Å²) in [5.41, 5.74) is 7.22. The number of hydrogen-bond acceptors (Lipinski definition) is 3. The van der Waals surface area contributed by atoms with Crippen LogP contribution in [0.25, 0.3) is 0 Å². The first-order chi connectivity index (χ1) is 9.13. The molecule has 1 aliphatic heterocycles. The first kappa shape index (κ1) is 14.4. The minimum Gasteiger partial charge on any atom is -0.348 e. The van der Waals surface area contributed by atoms with Crippen LogP contribution in [0.2, 0.25) is 0 Å². The van der Waals surface area contributed by atoms with Gasteiger partial charge in [0.1, 0.15) is 0 Å². The minimum atomic E-state index is -0.410. The molecule has 0 spiro atoms. The summed E-state index contributed by atoms with van der Waals surface area (Å²) in [6.07, 6.45) is 1.90. The SMILES string of the molecule is CCC(C)[C@H](N)C(=O)NC1CCSc2ccccc21. The van der Waals surface area contributed by atoms with E-state index in [1.807, 2.05) is 30.8 Å². The third-order valence-electron chi connectivity index (χ3n) is 3.83. The van der Waals surface area contributed by atoms with Gasteiger partial charge < -0.3 is 11.1 Å². The van der Waals surface area contributed by atoms with E-state index in [1.165, 1.54) is 10.5 Å². The summed E-state index contributed by atoms with van der Waals surface area (Å²) in [5, 5.41) is 3.11. The second-order valence-electron chi connectivity index (χ2n) is 5.15. The first-order valence-electron chi connectivity index (χ1n) is 6.91. The van der Waals surface area contributed by atoms with Crippen molar-refractivity contribution in [3.05, 3.63) is 29.8 Å². The molecule has 0 saturated carbocycles. The third kappa shape index (κ3) is 3.31. The molecule has 1 aliphatic rings. The van der Waals surface area contributed by atoms with Crippen molar-refractivity contribution in [3.63, 3.8) is 0 Å². The van der Waals surface area contributed by atoms with Crippen LogP contribution in [0.4, 0.5) is 0 Å². The lowest BCUT2D eigenvalue weighted by Gasteiger charge is -2.28. The number of amides is 1. The molecule has 1 heterocycles. The number of nitrogens with two attached hydrogens (primary N) is 1. The lowest BCUT2D eigenvalue weighted by molar-refractivity contribution is -0.124. The van der Waals surface area contributed by atoms with Crippen molar-refractivity contribution in [2.24, 2.45) is 11.7 Å². The molecule has 1 aromatic carbocycles. The van der Waals surface area contributed by atoms with Crippen molar-refractivity contribution in [1.29, 1.82) is 0 Å². The van der Waals surface area contributed by atoms with Crippen LogP contribution in [0.3, 0.4) is 0 Å². The molecule has 0 saturated heterocycles. The van der Waals surface area contributed by atoms with Gasteiger partial charge in [0, 0.05) is 10.6 Å². The van der Waals surface area contributed by atoms with Crippen molar-refractivity contribution < 1.29 is 4.79 Å². The predicted molar refractivity (Wildman–Crippen MR) is 80.1 cm³/mol. The summed E-state index contributed by atoms with van der Waals surface area (Å²) in [6.45, 7) is 4.08. The first-order valence-corrected chi connectivity index (χ1v) is 7.89. The van der Waals surface area contributed by atoms with Gasteiger partial charge >= 0.3 is 0 Å². The zero-order valence-electron chi connectivity index (χ0n) is 11.6. The summed E-state index contributed by atoms with van der Waals surface area (Å²) in [7, 11) is 0. The highest BCUT2D eigenvalue weighted by Gasteiger charge is 2.26. The maximum atomic E-state index is 12.2. The van der Waals surface area contributed by atoms with E-state index in [0.717, 1.165) is 18.6 Å². The van der Waals surface area contributed by atoms with Gasteiger partial charge in [-0.15, -0.1) is 11.8 Å². The van der Waals surface area contributed by atoms with Crippen LogP contribution in [-0.4, -0.2) is 17.7 Å². The molecule has 2 unspecified atom stereocenters. The average molecular weight is 278 g/mol. The van der Waals surface area contributed by atoms with E-state index in [2.05, 4.69) is 24.4 Å². The van der Waals surface area contributed by atoms with Crippen molar-refractivity contribution >= 4 is 17.7 Å². The lowest BCUT2D eigenvalue weighted by atomic mass is 9.97. The monoisotopic (exact) mass is 278 g/mol. The number of benzene rings is 1. The quantitative estimate of drug-likeness (QED) is 0.890. The van der Waals surface area contributed by atoms with Crippen LogP contribution < -0.4 is 11.1 Å². The number of fused-ring (bicyclic) bond motifs is 1. The normalized spacial score (nSPS) is 21.3. The molecule has 0 bridgehead atoms. The van der Waals surface area contributed by atoms with Gasteiger partial charge in [-0.1, -0.05) is 38.5 Å².